The number of carbonyl (C=O) groups excluding carboxylic acids is 2. The maximum Gasteiger partial charge on any atom is 0.337 e. The maximum atomic E-state index is 11.9. The van der Waals surface area contributed by atoms with E-state index in [1.54, 1.807) is 30.3 Å². The Kier molecular flexibility index (Phi) is 7.48. The van der Waals surface area contributed by atoms with E-state index in [1.807, 2.05) is 19.1 Å². The van der Waals surface area contributed by atoms with Crippen LogP contribution in [0.1, 0.15) is 34.3 Å². The molecule has 2 aromatic carbocycles. The summed E-state index contributed by atoms with van der Waals surface area (Å²) < 4.78 is 10.3. The Balaban J connectivity index is 1.68. The van der Waals surface area contributed by atoms with Gasteiger partial charge in [-0.25, -0.2) is 4.79 Å². The van der Waals surface area contributed by atoms with Crippen LogP contribution in [-0.2, 0) is 16.1 Å². The first-order valence-electron chi connectivity index (χ1n) is 8.32. The van der Waals surface area contributed by atoms with Crippen LogP contribution in [0.4, 0.5) is 0 Å². The molecular weight excluding hydrogens is 354 g/mol. The van der Waals surface area contributed by atoms with Gasteiger partial charge in [-0.1, -0.05) is 23.7 Å². The summed E-state index contributed by atoms with van der Waals surface area (Å²) in [5, 5.41) is 3.53. The molecule has 6 heteroatoms. The minimum absolute atomic E-state index is 0.0431. The minimum atomic E-state index is -0.378. The molecule has 0 saturated heterocycles. The highest BCUT2D eigenvalue weighted by Gasteiger charge is 2.06. The summed E-state index contributed by atoms with van der Waals surface area (Å²) in [5.74, 6) is 0.357. The van der Waals surface area contributed by atoms with E-state index >= 15 is 0 Å². The molecule has 0 aliphatic heterocycles. The van der Waals surface area contributed by atoms with Gasteiger partial charge in [-0.3, -0.25) is 4.79 Å². The lowest BCUT2D eigenvalue weighted by Crippen LogP contribution is -2.23. The third kappa shape index (κ3) is 6.08. The van der Waals surface area contributed by atoms with E-state index < -0.39 is 0 Å². The van der Waals surface area contributed by atoms with Crippen molar-refractivity contribution in [2.24, 2.45) is 0 Å². The third-order valence-electron chi connectivity index (χ3n) is 3.81. The fraction of sp³-hybridized carbons (Fsp3) is 0.300. The monoisotopic (exact) mass is 375 g/mol. The molecule has 0 aromatic heterocycles. The predicted molar refractivity (Wildman–Crippen MR) is 101 cm³/mol. The standard InChI is InChI=1S/C20H22ClNO4/c1-14-12-17(21)9-10-18(14)26-11-3-4-19(23)22-13-15-5-7-16(8-6-15)20(24)25-2/h5-10,12H,3-4,11,13H2,1-2H3,(H,22,23). The van der Waals surface area contributed by atoms with Crippen molar-refractivity contribution in [1.82, 2.24) is 5.32 Å². The molecule has 2 aromatic rings. The SMILES string of the molecule is COC(=O)c1ccc(CNC(=O)CCCOc2ccc(Cl)cc2C)cc1. The summed E-state index contributed by atoms with van der Waals surface area (Å²) in [5.41, 5.74) is 2.37. The van der Waals surface area contributed by atoms with Gasteiger partial charge in [-0.15, -0.1) is 0 Å². The maximum absolute atomic E-state index is 11.9. The summed E-state index contributed by atoms with van der Waals surface area (Å²) in [6.07, 6.45) is 1.00. The van der Waals surface area contributed by atoms with Crippen LogP contribution in [0.2, 0.25) is 5.02 Å². The molecule has 0 radical (unpaired) electrons. The van der Waals surface area contributed by atoms with Crippen molar-refractivity contribution >= 4 is 23.5 Å². The summed E-state index contributed by atoms with van der Waals surface area (Å²) in [6, 6.07) is 12.4. The number of rotatable bonds is 8. The zero-order valence-corrected chi connectivity index (χ0v) is 15.6. The Morgan fingerprint density at radius 3 is 2.50 bits per heavy atom. The zero-order chi connectivity index (χ0) is 18.9. The first-order valence-corrected chi connectivity index (χ1v) is 8.70. The first-order chi connectivity index (χ1) is 12.5. The predicted octanol–water partition coefficient (Wildman–Crippen LogP) is 3.91. The minimum Gasteiger partial charge on any atom is -0.493 e. The van der Waals surface area contributed by atoms with Crippen LogP contribution >= 0.6 is 11.6 Å². The molecule has 0 heterocycles. The van der Waals surface area contributed by atoms with E-state index in [-0.39, 0.29) is 11.9 Å². The Bertz CT molecular complexity index is 759. The average Bonchev–Trinajstić information content (AvgIpc) is 2.64. The molecule has 0 bridgehead atoms. The fourth-order valence-corrected chi connectivity index (χ4v) is 2.58. The van der Waals surface area contributed by atoms with Crippen molar-refractivity contribution in [3.63, 3.8) is 0 Å². The van der Waals surface area contributed by atoms with E-state index in [9.17, 15) is 9.59 Å². The normalized spacial score (nSPS) is 10.3. The van der Waals surface area contributed by atoms with E-state index in [1.165, 1.54) is 7.11 Å². The molecule has 26 heavy (non-hydrogen) atoms. The molecule has 0 aliphatic rings. The Labute approximate surface area is 158 Å². The van der Waals surface area contributed by atoms with Crippen LogP contribution < -0.4 is 10.1 Å². The van der Waals surface area contributed by atoms with Crippen LogP contribution in [0.15, 0.2) is 42.5 Å². The average molecular weight is 376 g/mol. The first kappa shape index (κ1) is 19.8. The molecule has 2 rings (SSSR count). The number of amides is 1. The fourth-order valence-electron chi connectivity index (χ4n) is 2.36. The van der Waals surface area contributed by atoms with Crippen molar-refractivity contribution in [2.45, 2.75) is 26.3 Å². The number of methoxy groups -OCH3 is 1. The van der Waals surface area contributed by atoms with E-state index in [0.717, 1.165) is 16.9 Å². The van der Waals surface area contributed by atoms with Gasteiger partial charge in [0.05, 0.1) is 19.3 Å². The number of benzene rings is 2. The van der Waals surface area contributed by atoms with Crippen molar-refractivity contribution < 1.29 is 19.1 Å². The molecule has 0 unspecified atom stereocenters. The van der Waals surface area contributed by atoms with Crippen LogP contribution in [0.3, 0.4) is 0 Å². The number of nitrogens with one attached hydrogen (secondary N) is 1. The van der Waals surface area contributed by atoms with Gasteiger partial charge in [0.2, 0.25) is 5.91 Å². The summed E-state index contributed by atoms with van der Waals surface area (Å²) in [7, 11) is 1.34. The van der Waals surface area contributed by atoms with E-state index in [2.05, 4.69) is 10.1 Å². The molecule has 5 nitrogen and oxygen atoms in total. The number of esters is 1. The lowest BCUT2D eigenvalue weighted by molar-refractivity contribution is -0.121. The number of hydrogen-bond donors (Lipinski definition) is 1. The number of hydrogen-bond acceptors (Lipinski definition) is 4. The second-order valence-corrected chi connectivity index (χ2v) is 6.26. The highest BCUT2D eigenvalue weighted by atomic mass is 35.5. The van der Waals surface area contributed by atoms with Crippen LogP contribution in [-0.4, -0.2) is 25.6 Å². The van der Waals surface area contributed by atoms with Crippen LogP contribution in [0.5, 0.6) is 5.75 Å². The van der Waals surface area contributed by atoms with Gasteiger partial charge in [0.1, 0.15) is 5.75 Å². The Morgan fingerprint density at radius 1 is 1.12 bits per heavy atom. The van der Waals surface area contributed by atoms with Gasteiger partial charge in [0.15, 0.2) is 0 Å². The van der Waals surface area contributed by atoms with Gasteiger partial charge in [0, 0.05) is 18.0 Å². The topological polar surface area (TPSA) is 64.6 Å². The molecule has 0 atom stereocenters. The highest BCUT2D eigenvalue weighted by molar-refractivity contribution is 6.30. The molecular formula is C20H22ClNO4. The number of carbonyl (C=O) groups is 2. The number of ether oxygens (including phenoxy) is 2. The van der Waals surface area contributed by atoms with Crippen molar-refractivity contribution in [3.05, 3.63) is 64.2 Å². The molecule has 0 saturated carbocycles. The van der Waals surface area contributed by atoms with Crippen molar-refractivity contribution in [3.8, 4) is 5.75 Å². The van der Waals surface area contributed by atoms with Crippen molar-refractivity contribution in [1.29, 1.82) is 0 Å². The Hall–Kier alpha value is -2.53. The number of aryl methyl sites for hydroxylation is 1. The molecule has 0 aliphatic carbocycles. The quantitative estimate of drug-likeness (QED) is 0.561. The van der Waals surface area contributed by atoms with Gasteiger partial charge in [-0.2, -0.15) is 0 Å². The van der Waals surface area contributed by atoms with Crippen LogP contribution in [0.25, 0.3) is 0 Å². The zero-order valence-electron chi connectivity index (χ0n) is 14.9. The van der Waals surface area contributed by atoms with Gasteiger partial charge in [-0.05, 0) is 54.8 Å². The van der Waals surface area contributed by atoms with Gasteiger partial charge in [0.25, 0.3) is 0 Å². The van der Waals surface area contributed by atoms with Crippen LogP contribution in [0, 0.1) is 6.92 Å². The second kappa shape index (κ2) is 9.82. The molecule has 138 valence electrons. The lowest BCUT2D eigenvalue weighted by Gasteiger charge is -2.09. The molecule has 0 fully saturated rings. The number of halogens is 1. The van der Waals surface area contributed by atoms with Crippen molar-refractivity contribution in [2.75, 3.05) is 13.7 Å². The highest BCUT2D eigenvalue weighted by Crippen LogP contribution is 2.21. The van der Waals surface area contributed by atoms with E-state index in [0.29, 0.717) is 36.6 Å². The van der Waals surface area contributed by atoms with Gasteiger partial charge < -0.3 is 14.8 Å². The van der Waals surface area contributed by atoms with Gasteiger partial charge >= 0.3 is 5.97 Å². The Morgan fingerprint density at radius 2 is 1.85 bits per heavy atom. The smallest absolute Gasteiger partial charge is 0.337 e. The largest absolute Gasteiger partial charge is 0.493 e. The summed E-state index contributed by atoms with van der Waals surface area (Å²) in [6.45, 7) is 2.81. The summed E-state index contributed by atoms with van der Waals surface area (Å²) >= 11 is 5.91. The third-order valence-corrected chi connectivity index (χ3v) is 4.04. The molecule has 0 spiro atoms. The molecule has 1 N–H and O–H groups in total. The van der Waals surface area contributed by atoms with E-state index in [4.69, 9.17) is 16.3 Å². The molecule has 1 amide bonds. The summed E-state index contributed by atoms with van der Waals surface area (Å²) in [4.78, 5) is 23.3. The second-order valence-electron chi connectivity index (χ2n) is 5.83. The lowest BCUT2D eigenvalue weighted by atomic mass is 10.1.